The number of cyclic esters (lactones) is 1. The number of aliphatic hydroxyl groups is 4. The average molecular weight is 717 g/mol. The Hall–Kier alpha value is -3.77. The minimum Gasteiger partial charge on any atom is -0.507 e. The van der Waals surface area contributed by atoms with Gasteiger partial charge in [0.1, 0.15) is 11.5 Å². The van der Waals surface area contributed by atoms with Gasteiger partial charge in [0.15, 0.2) is 29.2 Å². The second-order valence-electron chi connectivity index (χ2n) is 15.6. The SMILES string of the molecule is Cc1c(C)c2c(c(C)c1O)C1OC(=O)/C=C\C(=O)OC1(C(O)(CO)C1OC(=O)C(O)=C1O)[C@](C)(CCC[C@H](C)CCC[C@@H](C)CCCC(C)C)O2. The molecule has 3 aliphatic heterocycles. The molecule has 12 nitrogen and oxygen atoms in total. The van der Waals surface area contributed by atoms with Crippen molar-refractivity contribution in [3.05, 3.63) is 45.9 Å². The Morgan fingerprint density at radius 1 is 0.784 bits per heavy atom. The molecule has 5 N–H and O–H groups in total. The number of phenolic OH excluding ortho intramolecular Hbond substituents is 1. The molecule has 0 fully saturated rings. The fraction of sp³-hybridized carbons (Fsp3) is 0.667. The van der Waals surface area contributed by atoms with Crippen LogP contribution in [0.1, 0.15) is 121 Å². The van der Waals surface area contributed by atoms with Crippen LogP contribution in [0.25, 0.3) is 0 Å². The molecule has 4 rings (SSSR count). The summed E-state index contributed by atoms with van der Waals surface area (Å²) in [5, 5.41) is 56.1. The summed E-state index contributed by atoms with van der Waals surface area (Å²) in [4.78, 5) is 39.2. The highest BCUT2D eigenvalue weighted by molar-refractivity contribution is 5.93. The van der Waals surface area contributed by atoms with Gasteiger partial charge < -0.3 is 44.5 Å². The number of hydrogen-bond donors (Lipinski definition) is 5. The summed E-state index contributed by atoms with van der Waals surface area (Å²) in [6, 6.07) is 0. The monoisotopic (exact) mass is 716 g/mol. The molecule has 3 aliphatic rings. The van der Waals surface area contributed by atoms with Crippen molar-refractivity contribution in [2.24, 2.45) is 17.8 Å². The number of esters is 3. The first-order valence-corrected chi connectivity index (χ1v) is 18.1. The number of carbonyl (C=O) groups excluding carboxylic acids is 3. The smallest absolute Gasteiger partial charge is 0.378 e. The third-order valence-corrected chi connectivity index (χ3v) is 11.3. The van der Waals surface area contributed by atoms with Crippen LogP contribution in [0.3, 0.4) is 0 Å². The van der Waals surface area contributed by atoms with E-state index in [0.717, 1.165) is 31.4 Å². The highest BCUT2D eigenvalue weighted by Crippen LogP contribution is 2.61. The second kappa shape index (κ2) is 15.5. The molecule has 4 unspecified atom stereocenters. The molecular formula is C39H56O12. The molecule has 3 heterocycles. The number of fused-ring (bicyclic) bond motifs is 3. The van der Waals surface area contributed by atoms with Crippen LogP contribution in [0, 0.1) is 38.5 Å². The minimum absolute atomic E-state index is 0.0456. The maximum absolute atomic E-state index is 13.5. The molecule has 0 saturated heterocycles. The van der Waals surface area contributed by atoms with Crippen LogP contribution in [0.5, 0.6) is 11.5 Å². The Morgan fingerprint density at radius 3 is 1.90 bits per heavy atom. The standard InChI is InChI=1S/C39H56O12/c1-21(2)12-9-13-22(3)14-10-15-23(4)16-11-19-37(8)39(38(47,20-40)35-31(44)32(45)36(46)49-35)34(48-27(41)17-18-28(42)50-39)29-26(7)30(43)24(5)25(6)33(29)51-37/h17-18,21-23,34-35,40,43-45,47H,9-16,19-20H2,1-8H3/b18-17-/t22-,23+,34?,35?,37-,38?,39?/m0/s1. The van der Waals surface area contributed by atoms with Crippen molar-refractivity contribution < 1.29 is 58.9 Å². The second-order valence-corrected chi connectivity index (χ2v) is 15.6. The van der Waals surface area contributed by atoms with E-state index in [1.807, 2.05) is 0 Å². The van der Waals surface area contributed by atoms with Gasteiger partial charge in [-0.15, -0.1) is 0 Å². The zero-order chi connectivity index (χ0) is 38.1. The molecule has 0 amide bonds. The van der Waals surface area contributed by atoms with E-state index in [1.165, 1.54) is 33.1 Å². The maximum atomic E-state index is 13.5. The molecule has 51 heavy (non-hydrogen) atoms. The first kappa shape index (κ1) is 40.0. The lowest BCUT2D eigenvalue weighted by Crippen LogP contribution is -2.79. The van der Waals surface area contributed by atoms with Crippen LogP contribution in [-0.2, 0) is 28.6 Å². The molecular weight excluding hydrogens is 660 g/mol. The number of benzene rings is 1. The predicted octanol–water partition coefficient (Wildman–Crippen LogP) is 6.32. The van der Waals surface area contributed by atoms with E-state index < -0.39 is 65.0 Å². The summed E-state index contributed by atoms with van der Waals surface area (Å²) in [5.41, 5.74) is -6.29. The zero-order valence-electron chi connectivity index (χ0n) is 31.2. The lowest BCUT2D eigenvalue weighted by molar-refractivity contribution is -0.318. The number of phenols is 1. The van der Waals surface area contributed by atoms with Crippen molar-refractivity contribution in [2.45, 2.75) is 142 Å². The van der Waals surface area contributed by atoms with Crippen LogP contribution in [0.15, 0.2) is 23.7 Å². The number of ether oxygens (including phenoxy) is 4. The highest BCUT2D eigenvalue weighted by Gasteiger charge is 2.77. The van der Waals surface area contributed by atoms with Crippen molar-refractivity contribution >= 4 is 17.9 Å². The van der Waals surface area contributed by atoms with E-state index in [0.29, 0.717) is 41.7 Å². The van der Waals surface area contributed by atoms with Crippen molar-refractivity contribution in [2.75, 3.05) is 6.61 Å². The van der Waals surface area contributed by atoms with Gasteiger partial charge in [0.2, 0.25) is 11.4 Å². The fourth-order valence-electron chi connectivity index (χ4n) is 8.09. The lowest BCUT2D eigenvalue weighted by Gasteiger charge is -2.60. The summed E-state index contributed by atoms with van der Waals surface area (Å²) in [7, 11) is 0. The van der Waals surface area contributed by atoms with Gasteiger partial charge in [-0.1, -0.05) is 72.6 Å². The van der Waals surface area contributed by atoms with Gasteiger partial charge in [0, 0.05) is 23.3 Å². The van der Waals surface area contributed by atoms with Gasteiger partial charge in [0.25, 0.3) is 0 Å². The lowest BCUT2D eigenvalue weighted by atomic mass is 9.60. The van der Waals surface area contributed by atoms with Gasteiger partial charge in [-0.05, 0) is 69.4 Å². The average Bonchev–Trinajstić information content (AvgIpc) is 3.33. The minimum atomic E-state index is -2.99. The summed E-state index contributed by atoms with van der Waals surface area (Å²) in [6.07, 6.45) is 5.71. The molecule has 7 atom stereocenters. The third kappa shape index (κ3) is 7.31. The Labute approximate surface area is 300 Å². The van der Waals surface area contributed by atoms with Gasteiger partial charge >= 0.3 is 17.9 Å². The molecule has 1 aromatic rings. The molecule has 12 heteroatoms. The quantitative estimate of drug-likeness (QED) is 0.101. The molecule has 0 aromatic heterocycles. The van der Waals surface area contributed by atoms with Crippen LogP contribution in [0.2, 0.25) is 0 Å². The number of carbonyl (C=O) groups is 3. The Bertz CT molecular complexity index is 1560. The topological polar surface area (TPSA) is 189 Å². The van der Waals surface area contributed by atoms with Crippen LogP contribution in [-0.4, -0.2) is 73.0 Å². The van der Waals surface area contributed by atoms with Gasteiger partial charge in [-0.3, -0.25) is 0 Å². The maximum Gasteiger partial charge on any atom is 0.378 e. The first-order chi connectivity index (χ1) is 23.8. The summed E-state index contributed by atoms with van der Waals surface area (Å²) in [5.74, 6) is -4.19. The van der Waals surface area contributed by atoms with Crippen LogP contribution >= 0.6 is 0 Å². The van der Waals surface area contributed by atoms with Crippen molar-refractivity contribution in [3.63, 3.8) is 0 Å². The molecule has 0 saturated carbocycles. The normalized spacial score (nSPS) is 27.6. The van der Waals surface area contributed by atoms with Gasteiger partial charge in [-0.2, -0.15) is 0 Å². The third-order valence-electron chi connectivity index (χ3n) is 11.3. The summed E-state index contributed by atoms with van der Waals surface area (Å²) >= 11 is 0. The van der Waals surface area contributed by atoms with Crippen molar-refractivity contribution in [1.82, 2.24) is 0 Å². The number of aromatic hydroxyl groups is 1. The molecule has 0 aliphatic carbocycles. The summed E-state index contributed by atoms with van der Waals surface area (Å²) in [6.45, 7) is 14.1. The Balaban J connectivity index is 1.79. The summed E-state index contributed by atoms with van der Waals surface area (Å²) < 4.78 is 24.1. The van der Waals surface area contributed by atoms with E-state index in [2.05, 4.69) is 27.7 Å². The number of hydrogen-bond acceptors (Lipinski definition) is 12. The Morgan fingerprint density at radius 2 is 1.35 bits per heavy atom. The molecule has 0 bridgehead atoms. The first-order valence-electron chi connectivity index (χ1n) is 18.1. The van der Waals surface area contributed by atoms with Gasteiger partial charge in [-0.25, -0.2) is 14.4 Å². The molecule has 1 aromatic carbocycles. The van der Waals surface area contributed by atoms with Gasteiger partial charge in [0.05, 0.1) is 6.61 Å². The Kier molecular flexibility index (Phi) is 12.1. The van der Waals surface area contributed by atoms with E-state index in [1.54, 1.807) is 13.8 Å². The predicted molar refractivity (Wildman–Crippen MR) is 187 cm³/mol. The van der Waals surface area contributed by atoms with Crippen LogP contribution < -0.4 is 4.74 Å². The molecule has 0 spiro atoms. The fourth-order valence-corrected chi connectivity index (χ4v) is 8.09. The van der Waals surface area contributed by atoms with E-state index in [-0.39, 0.29) is 29.0 Å². The van der Waals surface area contributed by atoms with E-state index >= 15 is 0 Å². The highest BCUT2D eigenvalue weighted by atomic mass is 16.6. The number of aliphatic hydroxyl groups excluding tert-OH is 3. The van der Waals surface area contributed by atoms with E-state index in [9.17, 15) is 39.9 Å². The zero-order valence-corrected chi connectivity index (χ0v) is 31.2. The number of rotatable bonds is 15. The van der Waals surface area contributed by atoms with Crippen LogP contribution in [0.4, 0.5) is 0 Å². The molecule has 0 radical (unpaired) electrons. The van der Waals surface area contributed by atoms with Crippen molar-refractivity contribution in [3.8, 4) is 11.5 Å². The molecule has 284 valence electrons. The largest absolute Gasteiger partial charge is 0.507 e. The van der Waals surface area contributed by atoms with Crippen molar-refractivity contribution in [1.29, 1.82) is 0 Å². The van der Waals surface area contributed by atoms with E-state index in [4.69, 9.17) is 18.9 Å².